The minimum Gasteiger partial charge on any atom is -0.388 e. The molecule has 0 heterocycles. The molecule has 0 fully saturated rings. The van der Waals surface area contributed by atoms with Crippen LogP contribution in [0.25, 0.3) is 0 Å². The number of halogens is 2. The maximum atomic E-state index is 13.3. The van der Waals surface area contributed by atoms with Crippen LogP contribution in [0.3, 0.4) is 0 Å². The summed E-state index contributed by atoms with van der Waals surface area (Å²) in [7, 11) is 1.91. The molecule has 132 valence electrons. The maximum absolute atomic E-state index is 13.3. The highest BCUT2D eigenvalue weighted by molar-refractivity contribution is 14.0. The molecule has 2 N–H and O–H groups in total. The molecule has 0 saturated heterocycles. The summed E-state index contributed by atoms with van der Waals surface area (Å²) in [6.45, 7) is 7.57. The van der Waals surface area contributed by atoms with E-state index in [0.29, 0.717) is 31.9 Å². The third kappa shape index (κ3) is 7.48. The molecule has 1 aromatic carbocycles. The van der Waals surface area contributed by atoms with E-state index in [1.807, 2.05) is 38.8 Å². The average Bonchev–Trinajstić information content (AvgIpc) is 2.51. The molecule has 0 aliphatic rings. The minimum atomic E-state index is -0.764. The number of hydrogen-bond acceptors (Lipinski definition) is 2. The van der Waals surface area contributed by atoms with Gasteiger partial charge in [0.05, 0.1) is 12.1 Å². The van der Waals surface area contributed by atoms with Crippen molar-refractivity contribution in [3.05, 3.63) is 35.6 Å². The molecular formula is C17H29FIN3O. The maximum Gasteiger partial charge on any atom is 0.194 e. The summed E-state index contributed by atoms with van der Waals surface area (Å²) < 4.78 is 13.3. The Kier molecular flexibility index (Phi) is 10.4. The van der Waals surface area contributed by atoms with Crippen molar-refractivity contribution in [2.24, 2.45) is 4.99 Å². The number of aliphatic hydroxyl groups is 1. The van der Waals surface area contributed by atoms with Crippen LogP contribution in [0.2, 0.25) is 0 Å². The van der Waals surface area contributed by atoms with Gasteiger partial charge in [-0.25, -0.2) is 4.39 Å². The normalized spacial score (nSPS) is 11.8. The summed E-state index contributed by atoms with van der Waals surface area (Å²) in [5, 5.41) is 13.6. The zero-order chi connectivity index (χ0) is 16.6. The highest BCUT2D eigenvalue weighted by Crippen LogP contribution is 2.15. The first kappa shape index (κ1) is 22.1. The van der Waals surface area contributed by atoms with Gasteiger partial charge in [0.15, 0.2) is 5.96 Å². The highest BCUT2D eigenvalue weighted by atomic mass is 127. The van der Waals surface area contributed by atoms with Crippen LogP contribution in [0.15, 0.2) is 29.3 Å². The third-order valence-electron chi connectivity index (χ3n) is 3.84. The number of hydrogen-bond donors (Lipinski definition) is 2. The van der Waals surface area contributed by atoms with Crippen molar-refractivity contribution >= 4 is 29.9 Å². The molecule has 0 bridgehead atoms. The summed E-state index contributed by atoms with van der Waals surface area (Å²) in [5.74, 6) is 0.478. The number of nitrogens with zero attached hydrogens (tertiary/aromatic N) is 2. The second-order valence-corrected chi connectivity index (χ2v) is 5.59. The molecule has 0 aliphatic carbocycles. The first-order chi connectivity index (χ1) is 10.4. The van der Waals surface area contributed by atoms with Crippen LogP contribution >= 0.6 is 24.0 Å². The lowest BCUT2D eigenvalue weighted by atomic mass is 9.98. The Bertz CT molecular complexity index is 492. The third-order valence-corrected chi connectivity index (χ3v) is 3.84. The average molecular weight is 437 g/mol. The minimum absolute atomic E-state index is 0. The van der Waals surface area contributed by atoms with Gasteiger partial charge in [0.1, 0.15) is 5.82 Å². The van der Waals surface area contributed by atoms with E-state index in [1.54, 1.807) is 6.07 Å². The standard InChI is InChI=1S/C17H28FN3O.HI/c1-5-17(22,6-2)13-20-16(19-7-3)21(4)12-14-9-8-10-15(18)11-14;/h8-11,22H,5-7,12-13H2,1-4H3,(H,19,20);1H. The van der Waals surface area contributed by atoms with Gasteiger partial charge < -0.3 is 15.3 Å². The Labute approximate surface area is 156 Å². The first-order valence-corrected chi connectivity index (χ1v) is 7.90. The van der Waals surface area contributed by atoms with Gasteiger partial charge in [0.2, 0.25) is 0 Å². The van der Waals surface area contributed by atoms with Gasteiger partial charge in [-0.15, -0.1) is 24.0 Å². The van der Waals surface area contributed by atoms with Crippen molar-refractivity contribution in [2.45, 2.75) is 45.8 Å². The monoisotopic (exact) mass is 437 g/mol. The van der Waals surface area contributed by atoms with E-state index >= 15 is 0 Å². The van der Waals surface area contributed by atoms with E-state index in [1.165, 1.54) is 12.1 Å². The van der Waals surface area contributed by atoms with E-state index in [2.05, 4.69) is 10.3 Å². The van der Waals surface area contributed by atoms with E-state index in [0.717, 1.165) is 12.1 Å². The van der Waals surface area contributed by atoms with Crippen molar-refractivity contribution in [1.82, 2.24) is 10.2 Å². The Morgan fingerprint density at radius 3 is 2.48 bits per heavy atom. The van der Waals surface area contributed by atoms with Gasteiger partial charge in [-0.3, -0.25) is 4.99 Å². The Morgan fingerprint density at radius 1 is 1.30 bits per heavy atom. The van der Waals surface area contributed by atoms with Gasteiger partial charge in [0, 0.05) is 20.1 Å². The molecule has 6 heteroatoms. The molecule has 0 saturated carbocycles. The number of guanidine groups is 1. The van der Waals surface area contributed by atoms with E-state index in [-0.39, 0.29) is 29.8 Å². The molecule has 0 unspecified atom stereocenters. The fraction of sp³-hybridized carbons (Fsp3) is 0.588. The molecule has 1 rings (SSSR count). The van der Waals surface area contributed by atoms with E-state index in [4.69, 9.17) is 0 Å². The van der Waals surface area contributed by atoms with Crippen molar-refractivity contribution in [2.75, 3.05) is 20.1 Å². The number of rotatable bonds is 7. The predicted octanol–water partition coefficient (Wildman–Crippen LogP) is 3.39. The molecule has 1 aromatic rings. The van der Waals surface area contributed by atoms with Gasteiger partial charge in [-0.1, -0.05) is 26.0 Å². The fourth-order valence-electron chi connectivity index (χ4n) is 2.15. The summed E-state index contributed by atoms with van der Waals surface area (Å²) in [4.78, 5) is 6.47. The summed E-state index contributed by atoms with van der Waals surface area (Å²) in [6.07, 6.45) is 1.33. The first-order valence-electron chi connectivity index (χ1n) is 7.90. The Balaban J connectivity index is 0.00000484. The van der Waals surface area contributed by atoms with Crippen LogP contribution in [-0.2, 0) is 6.54 Å². The molecule has 0 amide bonds. The van der Waals surface area contributed by atoms with Crippen LogP contribution in [0, 0.1) is 5.82 Å². The molecule has 23 heavy (non-hydrogen) atoms. The van der Waals surface area contributed by atoms with Crippen LogP contribution in [0.1, 0.15) is 39.2 Å². The SMILES string of the molecule is CCNC(=NCC(O)(CC)CC)N(C)Cc1cccc(F)c1.I. The lowest BCUT2D eigenvalue weighted by Gasteiger charge is -2.26. The van der Waals surface area contributed by atoms with Crippen molar-refractivity contribution in [3.8, 4) is 0 Å². The lowest BCUT2D eigenvalue weighted by molar-refractivity contribution is 0.0416. The van der Waals surface area contributed by atoms with Gasteiger partial charge >= 0.3 is 0 Å². The molecule has 0 atom stereocenters. The van der Waals surface area contributed by atoms with Crippen molar-refractivity contribution in [1.29, 1.82) is 0 Å². The van der Waals surface area contributed by atoms with Gasteiger partial charge in [-0.2, -0.15) is 0 Å². The molecular weight excluding hydrogens is 408 g/mol. The van der Waals surface area contributed by atoms with E-state index in [9.17, 15) is 9.50 Å². The van der Waals surface area contributed by atoms with Crippen LogP contribution in [0.5, 0.6) is 0 Å². The predicted molar refractivity (Wildman–Crippen MR) is 105 cm³/mol. The zero-order valence-corrected chi connectivity index (χ0v) is 16.8. The number of benzene rings is 1. The zero-order valence-electron chi connectivity index (χ0n) is 14.5. The topological polar surface area (TPSA) is 47.9 Å². The van der Waals surface area contributed by atoms with Gasteiger partial charge in [0.25, 0.3) is 0 Å². The smallest absolute Gasteiger partial charge is 0.194 e. The van der Waals surface area contributed by atoms with E-state index < -0.39 is 5.60 Å². The highest BCUT2D eigenvalue weighted by Gasteiger charge is 2.22. The van der Waals surface area contributed by atoms with Crippen molar-refractivity contribution < 1.29 is 9.50 Å². The quantitative estimate of drug-likeness (QED) is 0.391. The van der Waals surface area contributed by atoms with Crippen LogP contribution in [0.4, 0.5) is 4.39 Å². The molecule has 0 radical (unpaired) electrons. The molecule has 0 aromatic heterocycles. The summed E-state index contributed by atoms with van der Waals surface area (Å²) in [5.41, 5.74) is 0.120. The largest absolute Gasteiger partial charge is 0.388 e. The summed E-state index contributed by atoms with van der Waals surface area (Å²) in [6, 6.07) is 6.55. The summed E-state index contributed by atoms with van der Waals surface area (Å²) >= 11 is 0. The fourth-order valence-corrected chi connectivity index (χ4v) is 2.15. The van der Waals surface area contributed by atoms with Crippen LogP contribution < -0.4 is 5.32 Å². The van der Waals surface area contributed by atoms with Gasteiger partial charge in [-0.05, 0) is 37.5 Å². The molecule has 0 aliphatic heterocycles. The lowest BCUT2D eigenvalue weighted by Crippen LogP contribution is -2.40. The Morgan fingerprint density at radius 2 is 1.96 bits per heavy atom. The Hall–Kier alpha value is -0.890. The number of nitrogens with one attached hydrogen (secondary N) is 1. The number of aliphatic imine (C=N–C) groups is 1. The van der Waals surface area contributed by atoms with Crippen molar-refractivity contribution in [3.63, 3.8) is 0 Å². The molecule has 0 spiro atoms. The second-order valence-electron chi connectivity index (χ2n) is 5.59. The molecule has 4 nitrogen and oxygen atoms in total. The van der Waals surface area contributed by atoms with Crippen LogP contribution in [-0.4, -0.2) is 41.7 Å². The second kappa shape index (κ2) is 10.8.